The molecule has 0 unspecified atom stereocenters. The van der Waals surface area contributed by atoms with Crippen LogP contribution in [0, 0.1) is 19.8 Å². The summed E-state index contributed by atoms with van der Waals surface area (Å²) in [4.78, 5) is 36.7. The summed E-state index contributed by atoms with van der Waals surface area (Å²) in [5.74, 6) is -1.07. The first-order chi connectivity index (χ1) is 13.2. The van der Waals surface area contributed by atoms with Crippen LogP contribution in [0.5, 0.6) is 0 Å². The molecule has 0 aliphatic rings. The molecule has 2 heterocycles. The largest absolute Gasteiger partial charge is 0.462 e. The number of carbonyl (C=O) groups is 3. The number of thiophene rings is 1. The van der Waals surface area contributed by atoms with Crippen molar-refractivity contribution >= 4 is 34.2 Å². The maximum absolute atomic E-state index is 12.3. The number of aryl methyl sites for hydroxylation is 2. The predicted octanol–water partition coefficient (Wildman–Crippen LogP) is 3.52. The smallest absolute Gasteiger partial charge is 0.344 e. The molecule has 2 aromatic rings. The molecule has 28 heavy (non-hydrogen) atoms. The first-order valence-corrected chi connectivity index (χ1v) is 9.79. The topological polar surface area (TPSA) is 108 Å². The molecule has 152 valence electrons. The van der Waals surface area contributed by atoms with Crippen molar-refractivity contribution in [2.24, 2.45) is 5.92 Å². The number of anilines is 1. The molecule has 0 saturated heterocycles. The minimum Gasteiger partial charge on any atom is -0.462 e. The zero-order valence-electron chi connectivity index (χ0n) is 16.6. The second kappa shape index (κ2) is 9.50. The van der Waals surface area contributed by atoms with Crippen molar-refractivity contribution < 1.29 is 28.4 Å². The van der Waals surface area contributed by atoms with Crippen LogP contribution in [0.15, 0.2) is 9.90 Å². The molecule has 2 rings (SSSR count). The highest BCUT2D eigenvalue weighted by Gasteiger charge is 2.24. The predicted molar refractivity (Wildman–Crippen MR) is 104 cm³/mol. The van der Waals surface area contributed by atoms with E-state index in [2.05, 4.69) is 10.5 Å². The van der Waals surface area contributed by atoms with Gasteiger partial charge in [0.1, 0.15) is 16.3 Å². The lowest BCUT2D eigenvalue weighted by molar-refractivity contribution is -0.119. The number of amides is 1. The van der Waals surface area contributed by atoms with Crippen molar-refractivity contribution in [1.82, 2.24) is 5.16 Å². The maximum Gasteiger partial charge on any atom is 0.344 e. The highest BCUT2D eigenvalue weighted by molar-refractivity contribution is 7.15. The van der Waals surface area contributed by atoms with Crippen LogP contribution in [0.2, 0.25) is 0 Å². The SMILES string of the molecule is CCOC(=O)c1c(CC(C)C)csc1NC(=O)COC(=O)c1c(C)noc1C. The Morgan fingerprint density at radius 1 is 1.18 bits per heavy atom. The third-order valence-corrected chi connectivity index (χ3v) is 4.74. The van der Waals surface area contributed by atoms with Gasteiger partial charge in [0.15, 0.2) is 6.61 Å². The summed E-state index contributed by atoms with van der Waals surface area (Å²) in [6, 6.07) is 0. The quantitative estimate of drug-likeness (QED) is 0.666. The van der Waals surface area contributed by atoms with Crippen LogP contribution < -0.4 is 5.32 Å². The van der Waals surface area contributed by atoms with Crippen molar-refractivity contribution in [3.05, 3.63) is 33.5 Å². The third-order valence-electron chi connectivity index (χ3n) is 3.80. The van der Waals surface area contributed by atoms with Gasteiger partial charge in [0.05, 0.1) is 17.9 Å². The molecule has 0 fully saturated rings. The lowest BCUT2D eigenvalue weighted by atomic mass is 10.0. The van der Waals surface area contributed by atoms with Gasteiger partial charge in [-0.15, -0.1) is 11.3 Å². The highest BCUT2D eigenvalue weighted by Crippen LogP contribution is 2.31. The van der Waals surface area contributed by atoms with E-state index in [1.54, 1.807) is 20.8 Å². The summed E-state index contributed by atoms with van der Waals surface area (Å²) < 4.78 is 15.1. The average Bonchev–Trinajstić information content (AvgIpc) is 3.15. The van der Waals surface area contributed by atoms with E-state index >= 15 is 0 Å². The molecule has 0 aliphatic heterocycles. The fourth-order valence-electron chi connectivity index (χ4n) is 2.64. The van der Waals surface area contributed by atoms with Crippen LogP contribution in [0.4, 0.5) is 5.00 Å². The molecular formula is C19H24N2O6S. The van der Waals surface area contributed by atoms with E-state index < -0.39 is 24.5 Å². The van der Waals surface area contributed by atoms with Gasteiger partial charge >= 0.3 is 11.9 Å². The van der Waals surface area contributed by atoms with Gasteiger partial charge < -0.3 is 19.3 Å². The number of rotatable bonds is 8. The summed E-state index contributed by atoms with van der Waals surface area (Å²) >= 11 is 1.24. The number of hydrogen-bond acceptors (Lipinski definition) is 8. The molecule has 8 nitrogen and oxygen atoms in total. The number of nitrogens with one attached hydrogen (secondary N) is 1. The molecule has 0 aromatic carbocycles. The Hall–Kier alpha value is -2.68. The minimum atomic E-state index is -0.691. The van der Waals surface area contributed by atoms with Crippen molar-refractivity contribution in [3.8, 4) is 0 Å². The van der Waals surface area contributed by atoms with Crippen LogP contribution in [0.25, 0.3) is 0 Å². The number of esters is 2. The number of carbonyl (C=O) groups excluding carboxylic acids is 3. The van der Waals surface area contributed by atoms with Gasteiger partial charge in [0.25, 0.3) is 5.91 Å². The Bertz CT molecular complexity index is 848. The summed E-state index contributed by atoms with van der Waals surface area (Å²) in [7, 11) is 0. The molecular weight excluding hydrogens is 384 g/mol. The van der Waals surface area contributed by atoms with Crippen LogP contribution >= 0.6 is 11.3 Å². The first-order valence-electron chi connectivity index (χ1n) is 8.91. The standard InChI is InChI=1S/C19H24N2O6S/c1-6-25-19(24)16-13(7-10(2)3)9-28-17(16)20-14(22)8-26-18(23)15-11(4)21-27-12(15)5/h9-10H,6-8H2,1-5H3,(H,20,22). The highest BCUT2D eigenvalue weighted by atomic mass is 32.1. The summed E-state index contributed by atoms with van der Waals surface area (Å²) in [5, 5.41) is 8.53. The average molecular weight is 408 g/mol. The molecule has 9 heteroatoms. The lowest BCUT2D eigenvalue weighted by Crippen LogP contribution is -2.22. The Morgan fingerprint density at radius 3 is 2.43 bits per heavy atom. The van der Waals surface area contributed by atoms with Crippen LogP contribution in [-0.2, 0) is 20.7 Å². The number of nitrogens with zero attached hydrogens (tertiary/aromatic N) is 1. The van der Waals surface area contributed by atoms with Crippen molar-refractivity contribution in [2.45, 2.75) is 41.0 Å². The van der Waals surface area contributed by atoms with Crippen molar-refractivity contribution in [1.29, 1.82) is 0 Å². The van der Waals surface area contributed by atoms with Gasteiger partial charge in [-0.3, -0.25) is 4.79 Å². The van der Waals surface area contributed by atoms with Gasteiger partial charge in [-0.25, -0.2) is 9.59 Å². The fourth-order valence-corrected chi connectivity index (χ4v) is 3.62. The molecule has 0 spiro atoms. The Labute approximate surface area is 167 Å². The summed E-state index contributed by atoms with van der Waals surface area (Å²) in [6.07, 6.45) is 0.682. The minimum absolute atomic E-state index is 0.204. The van der Waals surface area contributed by atoms with Gasteiger partial charge in [0, 0.05) is 0 Å². The second-order valence-corrected chi connectivity index (χ2v) is 7.49. The van der Waals surface area contributed by atoms with Gasteiger partial charge in [-0.1, -0.05) is 19.0 Å². The Kier molecular flexibility index (Phi) is 7.33. The van der Waals surface area contributed by atoms with Crippen LogP contribution in [0.1, 0.15) is 58.5 Å². The molecule has 0 saturated carbocycles. The van der Waals surface area contributed by atoms with Crippen molar-refractivity contribution in [2.75, 3.05) is 18.5 Å². The second-order valence-electron chi connectivity index (χ2n) is 6.61. The molecule has 1 N–H and O–H groups in total. The normalized spacial score (nSPS) is 10.8. The van der Waals surface area contributed by atoms with E-state index in [0.717, 1.165) is 5.56 Å². The third kappa shape index (κ3) is 5.19. The van der Waals surface area contributed by atoms with E-state index in [4.69, 9.17) is 14.0 Å². The number of ether oxygens (including phenoxy) is 2. The van der Waals surface area contributed by atoms with Crippen LogP contribution in [-0.4, -0.2) is 36.2 Å². The van der Waals surface area contributed by atoms with E-state index in [0.29, 0.717) is 34.4 Å². The van der Waals surface area contributed by atoms with E-state index in [1.807, 2.05) is 19.2 Å². The lowest BCUT2D eigenvalue weighted by Gasteiger charge is -2.10. The fraction of sp³-hybridized carbons (Fsp3) is 0.474. The first kappa shape index (κ1) is 21.6. The van der Waals surface area contributed by atoms with Gasteiger partial charge in [0.2, 0.25) is 0 Å². The van der Waals surface area contributed by atoms with Gasteiger partial charge in [-0.2, -0.15) is 0 Å². The zero-order valence-corrected chi connectivity index (χ0v) is 17.4. The summed E-state index contributed by atoms with van der Waals surface area (Å²) in [5.41, 5.74) is 1.77. The van der Waals surface area contributed by atoms with Gasteiger partial charge in [-0.05, 0) is 44.1 Å². The Morgan fingerprint density at radius 2 is 1.86 bits per heavy atom. The number of hydrogen-bond donors (Lipinski definition) is 1. The molecule has 2 aromatic heterocycles. The van der Waals surface area contributed by atoms with Crippen molar-refractivity contribution in [3.63, 3.8) is 0 Å². The molecule has 1 amide bonds. The van der Waals surface area contributed by atoms with E-state index in [9.17, 15) is 14.4 Å². The molecule has 0 aliphatic carbocycles. The molecule has 0 atom stereocenters. The maximum atomic E-state index is 12.3. The monoisotopic (exact) mass is 408 g/mol. The molecule has 0 bridgehead atoms. The Balaban J connectivity index is 2.07. The van der Waals surface area contributed by atoms with E-state index in [-0.39, 0.29) is 12.2 Å². The number of aromatic nitrogens is 1. The summed E-state index contributed by atoms with van der Waals surface area (Å²) in [6.45, 7) is 8.74. The zero-order chi connectivity index (χ0) is 20.8. The van der Waals surface area contributed by atoms with E-state index in [1.165, 1.54) is 11.3 Å². The van der Waals surface area contributed by atoms with Crippen LogP contribution in [0.3, 0.4) is 0 Å². The molecule has 0 radical (unpaired) electrons.